The maximum absolute atomic E-state index is 12.5. The number of hydrogen-bond acceptors (Lipinski definition) is 5. The van der Waals surface area contributed by atoms with Gasteiger partial charge in [0, 0.05) is 53.7 Å². The van der Waals surface area contributed by atoms with Crippen molar-refractivity contribution in [3.8, 4) is 11.3 Å². The van der Waals surface area contributed by atoms with E-state index in [0.29, 0.717) is 21.7 Å². The number of thiazole rings is 1. The summed E-state index contributed by atoms with van der Waals surface area (Å²) in [6, 6.07) is 13.2. The van der Waals surface area contributed by atoms with Gasteiger partial charge in [-0.1, -0.05) is 46.9 Å². The quantitative estimate of drug-likeness (QED) is 0.489. The second-order valence-electron chi connectivity index (χ2n) is 7.39. The second kappa shape index (κ2) is 10.3. The third-order valence-electron chi connectivity index (χ3n) is 5.08. The fourth-order valence-electron chi connectivity index (χ4n) is 3.51. The summed E-state index contributed by atoms with van der Waals surface area (Å²) in [7, 11) is 0. The Kier molecular flexibility index (Phi) is 7.48. The number of carbonyl (C=O) groups excluding carboxylic acids is 1. The van der Waals surface area contributed by atoms with Gasteiger partial charge in [0.2, 0.25) is 5.91 Å². The highest BCUT2D eigenvalue weighted by Gasteiger charge is 2.20. The summed E-state index contributed by atoms with van der Waals surface area (Å²) < 4.78 is 0. The smallest absolute Gasteiger partial charge is 0.240 e. The van der Waals surface area contributed by atoms with Crippen molar-refractivity contribution in [3.63, 3.8) is 0 Å². The van der Waals surface area contributed by atoms with Gasteiger partial charge in [0.1, 0.15) is 0 Å². The Labute approximate surface area is 200 Å². The first-order chi connectivity index (χ1) is 15.0. The molecule has 3 aromatic rings. The molecule has 4 rings (SSSR count). The molecule has 31 heavy (non-hydrogen) atoms. The molecule has 0 saturated carbocycles. The van der Waals surface area contributed by atoms with Crippen molar-refractivity contribution < 1.29 is 4.79 Å². The van der Waals surface area contributed by atoms with Gasteiger partial charge in [-0.2, -0.15) is 0 Å². The molecular weight excluding hydrogens is 475 g/mol. The van der Waals surface area contributed by atoms with E-state index in [0.717, 1.165) is 49.0 Å². The summed E-state index contributed by atoms with van der Waals surface area (Å²) in [6.45, 7) is 4.73. The molecule has 1 saturated heterocycles. The predicted molar refractivity (Wildman–Crippen MR) is 129 cm³/mol. The minimum atomic E-state index is -0.0635. The lowest BCUT2D eigenvalue weighted by Crippen LogP contribution is -2.48. The zero-order chi connectivity index (χ0) is 21.8. The topological polar surface area (TPSA) is 48.5 Å². The summed E-state index contributed by atoms with van der Waals surface area (Å²) in [5.41, 5.74) is 2.72. The van der Waals surface area contributed by atoms with E-state index in [1.807, 2.05) is 29.6 Å². The third-order valence-corrected chi connectivity index (χ3v) is 6.63. The summed E-state index contributed by atoms with van der Waals surface area (Å²) in [6.07, 6.45) is 0. The standard InChI is InChI=1S/C22H21Cl3N4OS/c23-16-3-1-2-15(10-16)12-28-6-8-29(9-7-28)13-21(30)27-22-26-20(14-31-22)18-5-4-17(24)11-19(18)25/h1-5,10-11,14H,6-9,12-13H2,(H,26,27,30). The number of nitrogens with zero attached hydrogens (tertiary/aromatic N) is 3. The van der Waals surface area contributed by atoms with Crippen LogP contribution in [-0.2, 0) is 11.3 Å². The van der Waals surface area contributed by atoms with Crippen LogP contribution in [0.1, 0.15) is 5.56 Å². The summed E-state index contributed by atoms with van der Waals surface area (Å²) in [5.74, 6) is -0.0635. The number of anilines is 1. The van der Waals surface area contributed by atoms with Crippen LogP contribution in [0, 0.1) is 0 Å². The van der Waals surface area contributed by atoms with Gasteiger partial charge in [0.25, 0.3) is 0 Å². The highest BCUT2D eigenvalue weighted by molar-refractivity contribution is 7.14. The number of nitrogens with one attached hydrogen (secondary N) is 1. The minimum Gasteiger partial charge on any atom is -0.301 e. The van der Waals surface area contributed by atoms with Crippen molar-refractivity contribution in [2.75, 3.05) is 38.0 Å². The fraction of sp³-hybridized carbons (Fsp3) is 0.273. The van der Waals surface area contributed by atoms with Gasteiger partial charge < -0.3 is 5.32 Å². The van der Waals surface area contributed by atoms with Crippen molar-refractivity contribution in [3.05, 3.63) is 68.5 Å². The van der Waals surface area contributed by atoms with Crippen molar-refractivity contribution in [1.29, 1.82) is 0 Å². The molecule has 1 aliphatic heterocycles. The van der Waals surface area contributed by atoms with E-state index in [2.05, 4.69) is 26.2 Å². The van der Waals surface area contributed by atoms with E-state index in [4.69, 9.17) is 34.8 Å². The first kappa shape index (κ1) is 22.5. The third kappa shape index (κ3) is 6.19. The molecule has 5 nitrogen and oxygen atoms in total. The Balaban J connectivity index is 1.26. The van der Waals surface area contributed by atoms with Gasteiger partial charge in [-0.3, -0.25) is 14.6 Å². The first-order valence-electron chi connectivity index (χ1n) is 9.86. The van der Waals surface area contributed by atoms with E-state index in [1.54, 1.807) is 12.1 Å². The van der Waals surface area contributed by atoms with Crippen LogP contribution < -0.4 is 5.32 Å². The molecule has 0 atom stereocenters. The van der Waals surface area contributed by atoms with Crippen LogP contribution in [0.25, 0.3) is 11.3 Å². The minimum absolute atomic E-state index is 0.0635. The Morgan fingerprint density at radius 1 is 1.00 bits per heavy atom. The highest BCUT2D eigenvalue weighted by Crippen LogP contribution is 2.32. The highest BCUT2D eigenvalue weighted by atomic mass is 35.5. The SMILES string of the molecule is O=C(CN1CCN(Cc2cccc(Cl)c2)CC1)Nc1nc(-c2ccc(Cl)cc2Cl)cs1. The van der Waals surface area contributed by atoms with Crippen LogP contribution in [0.5, 0.6) is 0 Å². The molecule has 1 N–H and O–H groups in total. The van der Waals surface area contributed by atoms with E-state index in [9.17, 15) is 4.79 Å². The average Bonchev–Trinajstić information content (AvgIpc) is 3.17. The van der Waals surface area contributed by atoms with Crippen LogP contribution in [0.2, 0.25) is 15.1 Å². The zero-order valence-electron chi connectivity index (χ0n) is 16.7. The molecule has 0 aliphatic carbocycles. The number of benzene rings is 2. The van der Waals surface area contributed by atoms with Gasteiger partial charge >= 0.3 is 0 Å². The van der Waals surface area contributed by atoms with E-state index >= 15 is 0 Å². The summed E-state index contributed by atoms with van der Waals surface area (Å²) >= 11 is 19.7. The number of carbonyl (C=O) groups is 1. The van der Waals surface area contributed by atoms with Gasteiger partial charge in [0.05, 0.1) is 17.3 Å². The molecule has 0 unspecified atom stereocenters. The van der Waals surface area contributed by atoms with E-state index < -0.39 is 0 Å². The van der Waals surface area contributed by atoms with E-state index in [1.165, 1.54) is 16.9 Å². The molecule has 2 heterocycles. The van der Waals surface area contributed by atoms with Crippen LogP contribution in [0.15, 0.2) is 47.8 Å². The van der Waals surface area contributed by atoms with Gasteiger partial charge in [0.15, 0.2) is 5.13 Å². The molecule has 1 fully saturated rings. The summed E-state index contributed by atoms with van der Waals surface area (Å²) in [4.78, 5) is 21.5. The number of amides is 1. The molecule has 1 aromatic heterocycles. The van der Waals surface area contributed by atoms with Gasteiger partial charge in [-0.15, -0.1) is 11.3 Å². The lowest BCUT2D eigenvalue weighted by molar-refractivity contribution is -0.117. The molecule has 0 bridgehead atoms. The fourth-order valence-corrected chi connectivity index (χ4v) is 4.96. The Bertz CT molecular complexity index is 1070. The van der Waals surface area contributed by atoms with Crippen LogP contribution >= 0.6 is 46.1 Å². The van der Waals surface area contributed by atoms with Crippen LogP contribution in [-0.4, -0.2) is 53.4 Å². The number of rotatable bonds is 6. The van der Waals surface area contributed by atoms with Crippen molar-refractivity contribution >= 4 is 57.2 Å². The predicted octanol–water partition coefficient (Wildman–Crippen LogP) is 5.53. The van der Waals surface area contributed by atoms with Crippen LogP contribution in [0.3, 0.4) is 0 Å². The maximum Gasteiger partial charge on any atom is 0.240 e. The molecule has 1 amide bonds. The largest absolute Gasteiger partial charge is 0.301 e. The molecular formula is C22H21Cl3N4OS. The van der Waals surface area contributed by atoms with Gasteiger partial charge in [-0.05, 0) is 35.9 Å². The zero-order valence-corrected chi connectivity index (χ0v) is 19.7. The van der Waals surface area contributed by atoms with Crippen molar-refractivity contribution in [2.24, 2.45) is 0 Å². The number of hydrogen-bond donors (Lipinski definition) is 1. The Hall–Kier alpha value is -1.67. The molecule has 0 radical (unpaired) electrons. The monoisotopic (exact) mass is 494 g/mol. The molecule has 9 heteroatoms. The van der Waals surface area contributed by atoms with Crippen molar-refractivity contribution in [2.45, 2.75) is 6.54 Å². The van der Waals surface area contributed by atoms with Crippen molar-refractivity contribution in [1.82, 2.24) is 14.8 Å². The lowest BCUT2D eigenvalue weighted by Gasteiger charge is -2.34. The Morgan fingerprint density at radius 2 is 1.74 bits per heavy atom. The average molecular weight is 496 g/mol. The normalized spacial score (nSPS) is 15.2. The number of aromatic nitrogens is 1. The molecule has 1 aliphatic rings. The Morgan fingerprint density at radius 3 is 2.48 bits per heavy atom. The van der Waals surface area contributed by atoms with E-state index in [-0.39, 0.29) is 5.91 Å². The summed E-state index contributed by atoms with van der Waals surface area (Å²) in [5, 5.41) is 7.20. The lowest BCUT2D eigenvalue weighted by atomic mass is 10.2. The number of halogens is 3. The molecule has 0 spiro atoms. The number of piperazine rings is 1. The van der Waals surface area contributed by atoms with Gasteiger partial charge in [-0.25, -0.2) is 4.98 Å². The maximum atomic E-state index is 12.5. The molecule has 162 valence electrons. The first-order valence-corrected chi connectivity index (χ1v) is 11.9. The second-order valence-corrected chi connectivity index (χ2v) is 9.53. The molecule has 2 aromatic carbocycles. The van der Waals surface area contributed by atoms with Crippen LogP contribution in [0.4, 0.5) is 5.13 Å².